The summed E-state index contributed by atoms with van der Waals surface area (Å²) in [6.07, 6.45) is 0. The van der Waals surface area contributed by atoms with E-state index < -0.39 is 32.5 Å². The average molecular weight is 578 g/mol. The molecule has 208 valence electrons. The monoisotopic (exact) mass is 577 g/mol. The van der Waals surface area contributed by atoms with Gasteiger partial charge in [0.05, 0.1) is 21.2 Å². The van der Waals surface area contributed by atoms with Gasteiger partial charge in [0.15, 0.2) is 0 Å². The summed E-state index contributed by atoms with van der Waals surface area (Å²) in [7, 11) is -7.93. The van der Waals surface area contributed by atoms with Gasteiger partial charge >= 0.3 is 0 Å². The number of nitrogens with zero attached hydrogens (tertiary/aromatic N) is 1. The van der Waals surface area contributed by atoms with Crippen molar-refractivity contribution in [3.8, 4) is 0 Å². The van der Waals surface area contributed by atoms with Gasteiger partial charge in [0.2, 0.25) is 5.91 Å². The van der Waals surface area contributed by atoms with Crippen molar-refractivity contribution in [2.45, 2.75) is 37.5 Å². The van der Waals surface area contributed by atoms with Crippen molar-refractivity contribution in [3.05, 3.63) is 113 Å². The molecule has 40 heavy (non-hydrogen) atoms. The number of rotatable bonds is 9. The van der Waals surface area contributed by atoms with E-state index in [1.165, 1.54) is 36.4 Å². The van der Waals surface area contributed by atoms with Crippen molar-refractivity contribution in [1.82, 2.24) is 0 Å². The first-order valence-corrected chi connectivity index (χ1v) is 15.4. The Kier molecular flexibility index (Phi) is 8.32. The van der Waals surface area contributed by atoms with Crippen LogP contribution >= 0.6 is 0 Å². The molecule has 0 unspecified atom stereocenters. The quantitative estimate of drug-likeness (QED) is 0.271. The summed E-state index contributed by atoms with van der Waals surface area (Å²) < 4.78 is 56.9. The van der Waals surface area contributed by atoms with E-state index in [-0.39, 0.29) is 9.79 Å². The smallest absolute Gasteiger partial charge is 0.264 e. The molecule has 2 N–H and O–H groups in total. The Morgan fingerprint density at radius 3 is 1.82 bits per heavy atom. The number of carbonyl (C=O) groups is 1. The van der Waals surface area contributed by atoms with Gasteiger partial charge in [-0.25, -0.2) is 16.8 Å². The molecule has 0 saturated heterocycles. The second-order valence-electron chi connectivity index (χ2n) is 9.56. The first-order valence-electron chi connectivity index (χ1n) is 12.5. The highest BCUT2D eigenvalue weighted by Crippen LogP contribution is 2.28. The number of hydrogen-bond donors (Lipinski definition) is 2. The zero-order valence-corrected chi connectivity index (χ0v) is 24.3. The van der Waals surface area contributed by atoms with Crippen LogP contribution in [0.1, 0.15) is 22.3 Å². The molecule has 8 nitrogen and oxygen atoms in total. The van der Waals surface area contributed by atoms with Crippen LogP contribution in [0.5, 0.6) is 0 Å². The van der Waals surface area contributed by atoms with E-state index in [0.29, 0.717) is 22.6 Å². The van der Waals surface area contributed by atoms with Gasteiger partial charge in [-0.1, -0.05) is 54.1 Å². The number of benzene rings is 4. The number of amides is 1. The van der Waals surface area contributed by atoms with Gasteiger partial charge in [-0.15, -0.1) is 0 Å². The fraction of sp³-hybridized carbons (Fsp3) is 0.167. The highest BCUT2D eigenvalue weighted by atomic mass is 32.2. The Labute approximate surface area is 235 Å². The third-order valence-electron chi connectivity index (χ3n) is 6.45. The summed E-state index contributed by atoms with van der Waals surface area (Å²) in [5.74, 6) is -0.580. The highest BCUT2D eigenvalue weighted by molar-refractivity contribution is 7.93. The first-order chi connectivity index (χ1) is 18.9. The predicted molar refractivity (Wildman–Crippen MR) is 159 cm³/mol. The van der Waals surface area contributed by atoms with E-state index in [9.17, 15) is 21.6 Å². The minimum Gasteiger partial charge on any atom is -0.325 e. The maximum Gasteiger partial charge on any atom is 0.264 e. The molecule has 0 saturated carbocycles. The maximum absolute atomic E-state index is 13.6. The molecule has 0 heterocycles. The van der Waals surface area contributed by atoms with Crippen molar-refractivity contribution >= 4 is 43.0 Å². The van der Waals surface area contributed by atoms with Crippen LogP contribution in [0, 0.1) is 27.7 Å². The van der Waals surface area contributed by atoms with Gasteiger partial charge in [0.25, 0.3) is 20.0 Å². The maximum atomic E-state index is 13.6. The van der Waals surface area contributed by atoms with Gasteiger partial charge < -0.3 is 5.32 Å². The molecule has 4 aromatic rings. The van der Waals surface area contributed by atoms with E-state index in [4.69, 9.17) is 0 Å². The summed E-state index contributed by atoms with van der Waals surface area (Å²) in [6, 6.07) is 24.5. The zero-order valence-electron chi connectivity index (χ0n) is 22.7. The van der Waals surface area contributed by atoms with Crippen LogP contribution in [0.4, 0.5) is 17.1 Å². The van der Waals surface area contributed by atoms with Crippen LogP contribution in [0.2, 0.25) is 0 Å². The third-order valence-corrected chi connectivity index (χ3v) is 9.59. The zero-order chi connectivity index (χ0) is 29.1. The summed E-state index contributed by atoms with van der Waals surface area (Å²) >= 11 is 0. The van der Waals surface area contributed by atoms with Gasteiger partial charge in [0, 0.05) is 5.69 Å². The highest BCUT2D eigenvalue weighted by Gasteiger charge is 2.28. The molecule has 0 aromatic heterocycles. The van der Waals surface area contributed by atoms with Gasteiger partial charge in [-0.3, -0.25) is 13.8 Å². The second-order valence-corrected chi connectivity index (χ2v) is 13.1. The summed E-state index contributed by atoms with van der Waals surface area (Å²) in [6.45, 7) is 6.80. The summed E-state index contributed by atoms with van der Waals surface area (Å²) in [5, 5.41) is 2.68. The number of anilines is 3. The summed E-state index contributed by atoms with van der Waals surface area (Å²) in [4.78, 5) is 13.2. The van der Waals surface area contributed by atoms with E-state index >= 15 is 0 Å². The van der Waals surface area contributed by atoms with Crippen molar-refractivity contribution in [1.29, 1.82) is 0 Å². The molecule has 0 spiro atoms. The van der Waals surface area contributed by atoms with E-state index in [1.807, 2.05) is 39.0 Å². The lowest BCUT2D eigenvalue weighted by molar-refractivity contribution is -0.114. The number of para-hydroxylation sites is 2. The summed E-state index contributed by atoms with van der Waals surface area (Å²) in [5.41, 5.74) is 4.43. The van der Waals surface area contributed by atoms with Crippen molar-refractivity contribution in [2.75, 3.05) is 20.9 Å². The molecule has 10 heteroatoms. The molecule has 0 atom stereocenters. The standard InChI is InChI=1S/C30H31N3O5S2/c1-21-12-16-27(17-13-21)40(37,38)33(28-11-6-5-8-22(28)2)20-29(34)31-25-14-18-26(19-15-25)39(35,36)32-30-23(3)9-7-10-24(30)4/h5-19,32H,20H2,1-4H3,(H,31,34). The molecule has 0 radical (unpaired) electrons. The van der Waals surface area contributed by atoms with Crippen LogP contribution in [0.15, 0.2) is 101 Å². The second kappa shape index (κ2) is 11.5. The number of sulfonamides is 2. The van der Waals surface area contributed by atoms with Gasteiger partial charge in [-0.2, -0.15) is 0 Å². The molecule has 1 amide bonds. The molecule has 0 aliphatic heterocycles. The lowest BCUT2D eigenvalue weighted by Gasteiger charge is -2.25. The SMILES string of the molecule is Cc1ccc(S(=O)(=O)N(CC(=O)Nc2ccc(S(=O)(=O)Nc3c(C)cccc3C)cc2)c2ccccc2C)cc1. The molecule has 0 bridgehead atoms. The van der Waals surface area contributed by atoms with Crippen molar-refractivity contribution < 1.29 is 21.6 Å². The molecule has 4 aromatic carbocycles. The van der Waals surface area contributed by atoms with Crippen LogP contribution in [-0.2, 0) is 24.8 Å². The molecular weight excluding hydrogens is 546 g/mol. The number of hydrogen-bond acceptors (Lipinski definition) is 5. The lowest BCUT2D eigenvalue weighted by Crippen LogP contribution is -2.38. The molecule has 0 fully saturated rings. The Morgan fingerprint density at radius 2 is 1.23 bits per heavy atom. The fourth-order valence-corrected chi connectivity index (χ4v) is 6.89. The van der Waals surface area contributed by atoms with Crippen LogP contribution in [0.3, 0.4) is 0 Å². The van der Waals surface area contributed by atoms with Crippen molar-refractivity contribution in [2.24, 2.45) is 0 Å². The normalized spacial score (nSPS) is 11.6. The number of aryl methyl sites for hydroxylation is 4. The van der Waals surface area contributed by atoms with E-state index in [0.717, 1.165) is 21.0 Å². The van der Waals surface area contributed by atoms with Crippen LogP contribution < -0.4 is 14.3 Å². The lowest BCUT2D eigenvalue weighted by atomic mass is 10.1. The van der Waals surface area contributed by atoms with E-state index in [1.54, 1.807) is 43.3 Å². The Hall–Kier alpha value is -4.15. The molecule has 0 aliphatic rings. The minimum absolute atomic E-state index is 0.0247. The van der Waals surface area contributed by atoms with Crippen LogP contribution in [0.25, 0.3) is 0 Å². The minimum atomic E-state index is -4.06. The Bertz CT molecular complexity index is 1730. The van der Waals surface area contributed by atoms with Crippen molar-refractivity contribution in [3.63, 3.8) is 0 Å². The third kappa shape index (κ3) is 6.35. The largest absolute Gasteiger partial charge is 0.325 e. The first kappa shape index (κ1) is 28.8. The Morgan fingerprint density at radius 1 is 0.675 bits per heavy atom. The molecular formula is C30H31N3O5S2. The van der Waals surface area contributed by atoms with Gasteiger partial charge in [0.1, 0.15) is 6.54 Å². The predicted octanol–water partition coefficient (Wildman–Crippen LogP) is 5.56. The molecule has 4 rings (SSSR count). The number of carbonyl (C=O) groups excluding carboxylic acids is 1. The fourth-order valence-electron chi connectivity index (χ4n) is 4.20. The Balaban J connectivity index is 1.55. The van der Waals surface area contributed by atoms with E-state index in [2.05, 4.69) is 10.0 Å². The average Bonchev–Trinajstić information content (AvgIpc) is 2.90. The van der Waals surface area contributed by atoms with Gasteiger partial charge in [-0.05, 0) is 86.8 Å². The number of nitrogens with one attached hydrogen (secondary N) is 2. The topological polar surface area (TPSA) is 113 Å². The molecule has 0 aliphatic carbocycles. The van der Waals surface area contributed by atoms with Crippen LogP contribution in [-0.4, -0.2) is 29.3 Å².